The zero-order valence-corrected chi connectivity index (χ0v) is 17.9. The summed E-state index contributed by atoms with van der Waals surface area (Å²) in [5, 5.41) is 2.76. The minimum Gasteiger partial charge on any atom is -0.491 e. The van der Waals surface area contributed by atoms with E-state index in [0.29, 0.717) is 17.1 Å². The first-order valence-electron chi connectivity index (χ1n) is 9.50. The number of hydrogen-bond donors (Lipinski definition) is 2. The van der Waals surface area contributed by atoms with Gasteiger partial charge in [0.25, 0.3) is 15.9 Å². The molecule has 0 aliphatic carbocycles. The minimum atomic E-state index is -3.82. The standard InChI is InChI=1S/C23H24N2O4S/c1-16(2)29-21-13-11-19(12-14-21)24-23(26)18-5-4-6-22(15-18)30(27,28)25-20-9-7-17(3)8-10-20/h4-16,25H,1-3H3,(H,24,26). The van der Waals surface area contributed by atoms with E-state index in [4.69, 9.17) is 4.74 Å². The average molecular weight is 425 g/mol. The van der Waals surface area contributed by atoms with E-state index in [1.807, 2.05) is 32.9 Å². The van der Waals surface area contributed by atoms with Crippen LogP contribution in [0.1, 0.15) is 29.8 Å². The molecule has 0 heterocycles. The third kappa shape index (κ3) is 5.61. The Morgan fingerprint density at radius 1 is 0.900 bits per heavy atom. The number of amides is 1. The van der Waals surface area contributed by atoms with E-state index < -0.39 is 15.9 Å². The number of carbonyl (C=O) groups excluding carboxylic acids is 1. The highest BCUT2D eigenvalue weighted by Crippen LogP contribution is 2.20. The molecule has 3 rings (SSSR count). The molecule has 0 aliphatic rings. The number of rotatable bonds is 7. The van der Waals surface area contributed by atoms with Crippen molar-refractivity contribution in [1.82, 2.24) is 0 Å². The lowest BCUT2D eigenvalue weighted by molar-refractivity contribution is 0.102. The first kappa shape index (κ1) is 21.4. The molecule has 0 unspecified atom stereocenters. The molecule has 2 N–H and O–H groups in total. The topological polar surface area (TPSA) is 84.5 Å². The van der Waals surface area contributed by atoms with Crippen molar-refractivity contribution < 1.29 is 17.9 Å². The highest BCUT2D eigenvalue weighted by atomic mass is 32.2. The summed E-state index contributed by atoms with van der Waals surface area (Å²) in [7, 11) is -3.82. The summed E-state index contributed by atoms with van der Waals surface area (Å²) >= 11 is 0. The normalized spacial score (nSPS) is 11.2. The Bertz CT molecular complexity index is 1120. The number of aryl methyl sites for hydroxylation is 1. The smallest absolute Gasteiger partial charge is 0.261 e. The Morgan fingerprint density at radius 2 is 1.53 bits per heavy atom. The molecule has 3 aromatic carbocycles. The number of sulfonamides is 1. The van der Waals surface area contributed by atoms with Crippen LogP contribution in [0.5, 0.6) is 5.75 Å². The Hall–Kier alpha value is -3.32. The maximum atomic E-state index is 12.7. The summed E-state index contributed by atoms with van der Waals surface area (Å²) in [5.41, 5.74) is 2.31. The van der Waals surface area contributed by atoms with Gasteiger partial charge < -0.3 is 10.1 Å². The Kier molecular flexibility index (Phi) is 6.42. The number of benzene rings is 3. The van der Waals surface area contributed by atoms with Gasteiger partial charge in [-0.25, -0.2) is 8.42 Å². The SMILES string of the molecule is Cc1ccc(NS(=O)(=O)c2cccc(C(=O)Nc3ccc(OC(C)C)cc3)c2)cc1. The van der Waals surface area contributed by atoms with Gasteiger partial charge >= 0.3 is 0 Å². The van der Waals surface area contributed by atoms with Gasteiger partial charge in [0.2, 0.25) is 0 Å². The number of carbonyl (C=O) groups is 1. The Labute approximate surface area is 177 Å². The zero-order chi connectivity index (χ0) is 21.7. The quantitative estimate of drug-likeness (QED) is 0.569. The predicted molar refractivity (Wildman–Crippen MR) is 119 cm³/mol. The lowest BCUT2D eigenvalue weighted by Gasteiger charge is -2.11. The summed E-state index contributed by atoms with van der Waals surface area (Å²) in [4.78, 5) is 12.6. The maximum absolute atomic E-state index is 12.7. The van der Waals surface area contributed by atoms with Gasteiger partial charge in [0.1, 0.15) is 5.75 Å². The molecular formula is C23H24N2O4S. The lowest BCUT2D eigenvalue weighted by atomic mass is 10.2. The molecule has 0 bridgehead atoms. The molecular weight excluding hydrogens is 400 g/mol. The van der Waals surface area contributed by atoms with Crippen LogP contribution in [0.25, 0.3) is 0 Å². The number of anilines is 2. The molecule has 0 saturated heterocycles. The van der Waals surface area contributed by atoms with Gasteiger partial charge in [-0.3, -0.25) is 9.52 Å². The fourth-order valence-corrected chi connectivity index (χ4v) is 3.84. The van der Waals surface area contributed by atoms with Crippen molar-refractivity contribution in [2.45, 2.75) is 31.8 Å². The van der Waals surface area contributed by atoms with Crippen LogP contribution in [-0.2, 0) is 10.0 Å². The van der Waals surface area contributed by atoms with Crippen molar-refractivity contribution in [3.8, 4) is 5.75 Å². The van der Waals surface area contributed by atoms with E-state index in [2.05, 4.69) is 10.0 Å². The van der Waals surface area contributed by atoms with E-state index in [0.717, 1.165) is 5.56 Å². The van der Waals surface area contributed by atoms with Gasteiger partial charge in [-0.1, -0.05) is 23.8 Å². The van der Waals surface area contributed by atoms with Crippen LogP contribution < -0.4 is 14.8 Å². The van der Waals surface area contributed by atoms with Gasteiger partial charge in [-0.2, -0.15) is 0 Å². The van der Waals surface area contributed by atoms with Crippen LogP contribution in [0.4, 0.5) is 11.4 Å². The van der Waals surface area contributed by atoms with Crippen molar-refractivity contribution in [3.05, 3.63) is 83.9 Å². The molecule has 30 heavy (non-hydrogen) atoms. The second-order valence-electron chi connectivity index (χ2n) is 7.14. The summed E-state index contributed by atoms with van der Waals surface area (Å²) < 4.78 is 33.5. The van der Waals surface area contributed by atoms with Crippen molar-refractivity contribution in [3.63, 3.8) is 0 Å². The monoisotopic (exact) mass is 424 g/mol. The summed E-state index contributed by atoms with van der Waals surface area (Å²) in [5.74, 6) is 0.304. The number of nitrogens with one attached hydrogen (secondary N) is 2. The third-order valence-electron chi connectivity index (χ3n) is 4.19. The van der Waals surface area contributed by atoms with Crippen LogP contribution in [0.3, 0.4) is 0 Å². The third-order valence-corrected chi connectivity index (χ3v) is 5.57. The van der Waals surface area contributed by atoms with Crippen LogP contribution in [-0.4, -0.2) is 20.4 Å². The molecule has 6 nitrogen and oxygen atoms in total. The molecule has 3 aromatic rings. The summed E-state index contributed by atoms with van der Waals surface area (Å²) in [6.07, 6.45) is 0.0589. The first-order valence-corrected chi connectivity index (χ1v) is 11.0. The average Bonchev–Trinajstić information content (AvgIpc) is 2.71. The van der Waals surface area contributed by atoms with E-state index in [1.54, 1.807) is 42.5 Å². The highest BCUT2D eigenvalue weighted by molar-refractivity contribution is 7.92. The summed E-state index contributed by atoms with van der Waals surface area (Å²) in [6.45, 7) is 5.79. The van der Waals surface area contributed by atoms with E-state index in [9.17, 15) is 13.2 Å². The molecule has 7 heteroatoms. The minimum absolute atomic E-state index is 0.0106. The predicted octanol–water partition coefficient (Wildman–Crippen LogP) is 4.84. The number of ether oxygens (including phenoxy) is 1. The molecule has 0 fully saturated rings. The molecule has 0 radical (unpaired) electrons. The Balaban J connectivity index is 1.73. The molecule has 0 aliphatic heterocycles. The molecule has 156 valence electrons. The van der Waals surface area contributed by atoms with E-state index in [-0.39, 0.29) is 16.6 Å². The fraction of sp³-hybridized carbons (Fsp3) is 0.174. The molecule has 1 amide bonds. The van der Waals surface area contributed by atoms with Crippen molar-refractivity contribution in [2.75, 3.05) is 10.0 Å². The van der Waals surface area contributed by atoms with Crippen LogP contribution in [0, 0.1) is 6.92 Å². The summed E-state index contributed by atoms with van der Waals surface area (Å²) in [6, 6.07) is 19.9. The first-order chi connectivity index (χ1) is 14.2. The van der Waals surface area contributed by atoms with Gasteiger partial charge in [0.05, 0.1) is 11.0 Å². The highest BCUT2D eigenvalue weighted by Gasteiger charge is 2.17. The fourth-order valence-electron chi connectivity index (χ4n) is 2.73. The molecule has 0 spiro atoms. The van der Waals surface area contributed by atoms with Crippen molar-refractivity contribution >= 4 is 27.3 Å². The zero-order valence-electron chi connectivity index (χ0n) is 17.0. The van der Waals surface area contributed by atoms with Gasteiger partial charge in [0.15, 0.2) is 0 Å². The maximum Gasteiger partial charge on any atom is 0.261 e. The van der Waals surface area contributed by atoms with Crippen molar-refractivity contribution in [2.24, 2.45) is 0 Å². The van der Waals surface area contributed by atoms with Gasteiger partial charge in [-0.05, 0) is 75.4 Å². The van der Waals surface area contributed by atoms with E-state index in [1.165, 1.54) is 18.2 Å². The second-order valence-corrected chi connectivity index (χ2v) is 8.83. The van der Waals surface area contributed by atoms with Gasteiger partial charge in [0, 0.05) is 16.9 Å². The second kappa shape index (κ2) is 9.00. The molecule has 0 aromatic heterocycles. The Morgan fingerprint density at radius 3 is 2.17 bits per heavy atom. The van der Waals surface area contributed by atoms with Crippen LogP contribution in [0.2, 0.25) is 0 Å². The lowest BCUT2D eigenvalue weighted by Crippen LogP contribution is -2.16. The number of hydrogen-bond acceptors (Lipinski definition) is 4. The van der Waals surface area contributed by atoms with Gasteiger partial charge in [-0.15, -0.1) is 0 Å². The van der Waals surface area contributed by atoms with Crippen LogP contribution >= 0.6 is 0 Å². The largest absolute Gasteiger partial charge is 0.491 e. The molecule has 0 saturated carbocycles. The van der Waals surface area contributed by atoms with E-state index >= 15 is 0 Å². The van der Waals surface area contributed by atoms with Crippen LogP contribution in [0.15, 0.2) is 77.7 Å². The molecule has 0 atom stereocenters. The van der Waals surface area contributed by atoms with Crippen molar-refractivity contribution in [1.29, 1.82) is 0 Å².